The van der Waals surface area contributed by atoms with Crippen molar-refractivity contribution in [2.75, 3.05) is 25.0 Å². The van der Waals surface area contributed by atoms with E-state index in [1.807, 2.05) is 25.3 Å². The lowest BCUT2D eigenvalue weighted by Gasteiger charge is -2.38. The fourth-order valence-corrected chi connectivity index (χ4v) is 5.56. The summed E-state index contributed by atoms with van der Waals surface area (Å²) in [6.07, 6.45) is 4.56. The molecule has 35 heavy (non-hydrogen) atoms. The predicted octanol–water partition coefficient (Wildman–Crippen LogP) is 6.63. The summed E-state index contributed by atoms with van der Waals surface area (Å²) in [5.74, 6) is 0. The van der Waals surface area contributed by atoms with Crippen molar-refractivity contribution in [2.24, 2.45) is 5.41 Å². The number of hydrogen-bond donors (Lipinski definition) is 2. The third-order valence-electron chi connectivity index (χ3n) is 7.10. The van der Waals surface area contributed by atoms with Crippen LogP contribution in [-0.2, 0) is 12.0 Å². The van der Waals surface area contributed by atoms with Crippen molar-refractivity contribution in [2.45, 2.75) is 45.6 Å². The van der Waals surface area contributed by atoms with Crippen LogP contribution < -0.4 is 10.6 Å². The number of benzene rings is 1. The second-order valence-electron chi connectivity index (χ2n) is 9.94. The number of amides is 2. The lowest BCUT2D eigenvalue weighted by atomic mass is 9.81. The van der Waals surface area contributed by atoms with Crippen LogP contribution in [0.3, 0.4) is 0 Å². The van der Waals surface area contributed by atoms with E-state index in [1.54, 1.807) is 24.3 Å². The lowest BCUT2D eigenvalue weighted by molar-refractivity contribution is 0.127. The highest BCUT2D eigenvalue weighted by molar-refractivity contribution is 7.10. The van der Waals surface area contributed by atoms with Gasteiger partial charge in [0.25, 0.3) is 0 Å². The highest BCUT2D eigenvalue weighted by Gasteiger charge is 2.43. The molecule has 8 heteroatoms. The molecule has 186 valence electrons. The normalized spacial score (nSPS) is 18.5. The summed E-state index contributed by atoms with van der Waals surface area (Å²) in [6.45, 7) is 8.74. The number of likely N-dealkylation sites (tertiary alicyclic amines) is 1. The number of aromatic nitrogens is 1. The number of thiophene rings is 1. The molecule has 2 aromatic heterocycles. The van der Waals surface area contributed by atoms with Gasteiger partial charge in [-0.1, -0.05) is 17.7 Å². The first-order valence-corrected chi connectivity index (χ1v) is 13.1. The van der Waals surface area contributed by atoms with E-state index in [2.05, 4.69) is 40.4 Å². The van der Waals surface area contributed by atoms with Gasteiger partial charge >= 0.3 is 6.03 Å². The SMILES string of the molecule is Cc1ccc(C(C)(C)N2CCC(CCc3ccc(F)s3)(CNC(=O)Nc3ccc(Cl)cc3)C2)cn1. The summed E-state index contributed by atoms with van der Waals surface area (Å²) in [4.78, 5) is 20.7. The number of hydrogen-bond acceptors (Lipinski definition) is 4. The Balaban J connectivity index is 1.46. The average molecular weight is 515 g/mol. The molecule has 1 aliphatic heterocycles. The smallest absolute Gasteiger partial charge is 0.319 e. The molecule has 0 saturated carbocycles. The second-order valence-corrected chi connectivity index (χ2v) is 11.5. The van der Waals surface area contributed by atoms with E-state index >= 15 is 0 Å². The third kappa shape index (κ3) is 6.40. The van der Waals surface area contributed by atoms with E-state index in [-0.39, 0.29) is 22.1 Å². The van der Waals surface area contributed by atoms with E-state index in [0.717, 1.165) is 42.9 Å². The van der Waals surface area contributed by atoms with Gasteiger partial charge in [-0.05, 0) is 94.6 Å². The van der Waals surface area contributed by atoms with Gasteiger partial charge in [-0.3, -0.25) is 9.88 Å². The molecule has 1 saturated heterocycles. The van der Waals surface area contributed by atoms with Crippen LogP contribution in [0.15, 0.2) is 54.7 Å². The highest BCUT2D eigenvalue weighted by Crippen LogP contribution is 2.41. The number of aryl methyl sites for hydroxylation is 2. The summed E-state index contributed by atoms with van der Waals surface area (Å²) < 4.78 is 13.6. The molecule has 2 N–H and O–H groups in total. The Bertz CT molecular complexity index is 1150. The molecule has 3 heterocycles. The van der Waals surface area contributed by atoms with Crippen molar-refractivity contribution in [1.29, 1.82) is 0 Å². The van der Waals surface area contributed by atoms with Crippen molar-refractivity contribution >= 4 is 34.7 Å². The summed E-state index contributed by atoms with van der Waals surface area (Å²) in [5, 5.41) is 6.44. The van der Waals surface area contributed by atoms with Gasteiger partial charge in [0.2, 0.25) is 0 Å². The minimum atomic E-state index is -0.241. The van der Waals surface area contributed by atoms with Gasteiger partial charge in [-0.15, -0.1) is 11.3 Å². The fourth-order valence-electron chi connectivity index (χ4n) is 4.71. The van der Waals surface area contributed by atoms with Gasteiger partial charge in [0.05, 0.1) is 0 Å². The van der Waals surface area contributed by atoms with Gasteiger partial charge in [0.15, 0.2) is 5.13 Å². The zero-order valence-corrected chi connectivity index (χ0v) is 22.0. The standard InChI is InChI=1S/C27H32ClFN4OS/c1-19-4-5-20(16-30-19)26(2,3)33-15-14-27(18-33,13-12-23-10-11-24(29)35-23)17-31-25(34)32-22-8-6-21(28)7-9-22/h4-11,16H,12-15,17-18H2,1-3H3,(H2,31,32,34). The maximum absolute atomic E-state index is 13.6. The van der Waals surface area contributed by atoms with Crippen LogP contribution >= 0.6 is 22.9 Å². The number of nitrogens with one attached hydrogen (secondary N) is 2. The predicted molar refractivity (Wildman–Crippen MR) is 142 cm³/mol. The largest absolute Gasteiger partial charge is 0.337 e. The summed E-state index contributed by atoms with van der Waals surface area (Å²) in [7, 11) is 0. The van der Waals surface area contributed by atoms with Crippen molar-refractivity contribution < 1.29 is 9.18 Å². The molecule has 0 radical (unpaired) electrons. The quantitative estimate of drug-likeness (QED) is 0.355. The Morgan fingerprint density at radius 3 is 2.63 bits per heavy atom. The molecule has 0 aliphatic carbocycles. The number of pyridine rings is 1. The van der Waals surface area contributed by atoms with E-state index in [4.69, 9.17) is 11.6 Å². The first-order chi connectivity index (χ1) is 16.6. The minimum Gasteiger partial charge on any atom is -0.337 e. The van der Waals surface area contributed by atoms with E-state index in [9.17, 15) is 9.18 Å². The lowest BCUT2D eigenvalue weighted by Crippen LogP contribution is -2.45. The minimum absolute atomic E-state index is 0.118. The molecule has 0 bridgehead atoms. The summed E-state index contributed by atoms with van der Waals surface area (Å²) in [6, 6.07) is 14.4. The van der Waals surface area contributed by atoms with Crippen molar-refractivity contribution in [3.8, 4) is 0 Å². The Morgan fingerprint density at radius 2 is 1.97 bits per heavy atom. The van der Waals surface area contributed by atoms with Crippen molar-refractivity contribution in [3.05, 3.63) is 81.0 Å². The number of halogens is 2. The van der Waals surface area contributed by atoms with Crippen LogP contribution in [0, 0.1) is 17.5 Å². The molecule has 4 rings (SSSR count). The number of carbonyl (C=O) groups is 1. The molecule has 5 nitrogen and oxygen atoms in total. The molecule has 3 aromatic rings. The summed E-state index contributed by atoms with van der Waals surface area (Å²) in [5.41, 5.74) is 2.55. The van der Waals surface area contributed by atoms with Gasteiger partial charge in [-0.25, -0.2) is 4.79 Å². The molecule has 1 atom stereocenters. The van der Waals surface area contributed by atoms with Crippen LogP contribution in [0.4, 0.5) is 14.9 Å². The Morgan fingerprint density at radius 1 is 1.20 bits per heavy atom. The topological polar surface area (TPSA) is 57.3 Å². The van der Waals surface area contributed by atoms with Gasteiger partial charge in [0.1, 0.15) is 0 Å². The monoisotopic (exact) mass is 514 g/mol. The molecular formula is C27H32ClFN4OS. The van der Waals surface area contributed by atoms with Crippen LogP contribution in [0.1, 0.15) is 42.8 Å². The maximum Gasteiger partial charge on any atom is 0.319 e. The van der Waals surface area contributed by atoms with Gasteiger partial charge < -0.3 is 10.6 Å². The average Bonchev–Trinajstić information content (AvgIpc) is 3.45. The van der Waals surface area contributed by atoms with Crippen LogP contribution in [-0.4, -0.2) is 35.5 Å². The first kappa shape index (κ1) is 25.6. The molecular weight excluding hydrogens is 483 g/mol. The first-order valence-electron chi connectivity index (χ1n) is 11.9. The number of urea groups is 1. The highest BCUT2D eigenvalue weighted by atomic mass is 35.5. The van der Waals surface area contributed by atoms with E-state index in [0.29, 0.717) is 17.3 Å². The third-order valence-corrected chi connectivity index (χ3v) is 8.29. The number of rotatable bonds is 8. The molecule has 1 fully saturated rings. The Kier molecular flexibility index (Phi) is 7.79. The van der Waals surface area contributed by atoms with Crippen molar-refractivity contribution in [3.63, 3.8) is 0 Å². The second kappa shape index (κ2) is 10.6. The van der Waals surface area contributed by atoms with Crippen LogP contribution in [0.2, 0.25) is 5.02 Å². The molecule has 1 unspecified atom stereocenters. The number of carbonyl (C=O) groups excluding carboxylic acids is 1. The van der Waals surface area contributed by atoms with E-state index < -0.39 is 0 Å². The van der Waals surface area contributed by atoms with Crippen LogP contribution in [0.25, 0.3) is 0 Å². The fraction of sp³-hybridized carbons (Fsp3) is 0.407. The van der Waals surface area contributed by atoms with E-state index in [1.165, 1.54) is 23.0 Å². The zero-order chi connectivity index (χ0) is 25.1. The Hall–Kier alpha value is -2.48. The zero-order valence-electron chi connectivity index (χ0n) is 20.4. The molecule has 0 spiro atoms. The maximum atomic E-state index is 13.6. The number of anilines is 1. The van der Waals surface area contributed by atoms with Crippen molar-refractivity contribution in [1.82, 2.24) is 15.2 Å². The Labute approximate surface area is 215 Å². The molecule has 1 aliphatic rings. The number of nitrogens with zero attached hydrogens (tertiary/aromatic N) is 2. The molecule has 2 amide bonds. The van der Waals surface area contributed by atoms with Crippen LogP contribution in [0.5, 0.6) is 0 Å². The summed E-state index contributed by atoms with van der Waals surface area (Å²) >= 11 is 7.15. The van der Waals surface area contributed by atoms with Gasteiger partial charge in [0, 0.05) is 51.5 Å². The molecule has 1 aromatic carbocycles. The van der Waals surface area contributed by atoms with Gasteiger partial charge in [-0.2, -0.15) is 4.39 Å².